The van der Waals surface area contributed by atoms with Crippen molar-refractivity contribution in [2.75, 3.05) is 4.72 Å². The van der Waals surface area contributed by atoms with Crippen molar-refractivity contribution in [2.24, 2.45) is 0 Å². The van der Waals surface area contributed by atoms with Gasteiger partial charge in [0.25, 0.3) is 21.1 Å². The molecule has 162 valence electrons. The van der Waals surface area contributed by atoms with Crippen LogP contribution in [0.25, 0.3) is 27.2 Å². The van der Waals surface area contributed by atoms with E-state index in [4.69, 9.17) is 0 Å². The van der Waals surface area contributed by atoms with Gasteiger partial charge in [-0.25, -0.2) is 27.7 Å². The van der Waals surface area contributed by atoms with E-state index in [1.54, 1.807) is 42.5 Å². The maximum atomic E-state index is 13.4. The topological polar surface area (TPSA) is 111 Å². The monoisotopic (exact) mass is 456 g/mol. The molecule has 5 aromatic rings. The third kappa shape index (κ3) is 3.64. The number of fused-ring (bicyclic) bond motifs is 3. The summed E-state index contributed by atoms with van der Waals surface area (Å²) in [4.78, 5) is 34.4. The van der Waals surface area contributed by atoms with Crippen LogP contribution < -0.4 is 15.8 Å². The van der Waals surface area contributed by atoms with Gasteiger partial charge in [0.15, 0.2) is 0 Å². The first kappa shape index (κ1) is 20.5. The van der Waals surface area contributed by atoms with Crippen LogP contribution in [0.4, 0.5) is 5.95 Å². The van der Waals surface area contributed by atoms with Crippen LogP contribution in [0.2, 0.25) is 0 Å². The minimum absolute atomic E-state index is 0.0609. The van der Waals surface area contributed by atoms with Gasteiger partial charge < -0.3 is 0 Å². The number of nitrogens with zero attached hydrogens (tertiary/aromatic N) is 3. The lowest BCUT2D eigenvalue weighted by Gasteiger charge is -2.08. The van der Waals surface area contributed by atoms with Gasteiger partial charge in [-0.2, -0.15) is 0 Å². The third-order valence-corrected chi connectivity index (χ3v) is 6.55. The van der Waals surface area contributed by atoms with E-state index in [0.717, 1.165) is 4.57 Å². The highest BCUT2D eigenvalue weighted by atomic mass is 32.2. The molecule has 0 amide bonds. The fourth-order valence-electron chi connectivity index (χ4n) is 3.68. The molecule has 0 radical (unpaired) electrons. The molecule has 0 fully saturated rings. The molecule has 8 nitrogen and oxygen atoms in total. The normalized spacial score (nSPS) is 11.5. The van der Waals surface area contributed by atoms with Gasteiger partial charge in [0.1, 0.15) is 0 Å². The van der Waals surface area contributed by atoms with E-state index in [1.807, 2.05) is 12.1 Å². The van der Waals surface area contributed by atoms with Crippen molar-refractivity contribution in [1.29, 1.82) is 0 Å². The van der Waals surface area contributed by atoms with Crippen molar-refractivity contribution >= 4 is 37.5 Å². The molecule has 5 rings (SSSR count). The highest BCUT2D eigenvalue weighted by molar-refractivity contribution is 7.92. The Morgan fingerprint density at radius 2 is 1.12 bits per heavy atom. The Balaban J connectivity index is 1.69. The molecular formula is C24H16N4O4S. The minimum atomic E-state index is -3.96. The first-order valence-corrected chi connectivity index (χ1v) is 11.4. The quantitative estimate of drug-likeness (QED) is 0.445. The molecule has 0 saturated heterocycles. The molecule has 0 aliphatic carbocycles. The van der Waals surface area contributed by atoms with Crippen LogP contribution in [-0.4, -0.2) is 23.0 Å². The summed E-state index contributed by atoms with van der Waals surface area (Å²) in [5.74, 6) is -0.0623. The summed E-state index contributed by atoms with van der Waals surface area (Å²) in [6.07, 6.45) is 2.83. The zero-order valence-corrected chi connectivity index (χ0v) is 17.9. The fourth-order valence-corrected chi connectivity index (χ4v) is 4.64. The van der Waals surface area contributed by atoms with Gasteiger partial charge in [0, 0.05) is 23.2 Å². The lowest BCUT2D eigenvalue weighted by molar-refractivity contribution is 0.601. The zero-order valence-electron chi connectivity index (χ0n) is 17.0. The minimum Gasteiger partial charge on any atom is -0.268 e. The van der Waals surface area contributed by atoms with E-state index in [1.165, 1.54) is 36.7 Å². The number of hydrogen-bond donors (Lipinski definition) is 1. The third-order valence-electron chi connectivity index (χ3n) is 5.21. The van der Waals surface area contributed by atoms with E-state index in [2.05, 4.69) is 14.7 Å². The van der Waals surface area contributed by atoms with Crippen LogP contribution in [0.3, 0.4) is 0 Å². The Hall–Kier alpha value is -4.37. The van der Waals surface area contributed by atoms with Crippen molar-refractivity contribution in [3.05, 3.63) is 112 Å². The first-order valence-electron chi connectivity index (χ1n) is 9.93. The summed E-state index contributed by atoms with van der Waals surface area (Å²) in [6.45, 7) is 0. The molecule has 2 aromatic heterocycles. The van der Waals surface area contributed by atoms with Gasteiger partial charge in [-0.1, -0.05) is 36.4 Å². The number of anilines is 1. The smallest absolute Gasteiger partial charge is 0.265 e. The maximum Gasteiger partial charge on any atom is 0.265 e. The van der Waals surface area contributed by atoms with Crippen LogP contribution in [0.5, 0.6) is 0 Å². The predicted molar refractivity (Wildman–Crippen MR) is 126 cm³/mol. The molecule has 3 aromatic carbocycles. The van der Waals surface area contributed by atoms with Gasteiger partial charge in [-0.15, -0.1) is 0 Å². The number of nitrogens with one attached hydrogen (secondary N) is 1. The molecular weight excluding hydrogens is 440 g/mol. The van der Waals surface area contributed by atoms with E-state index in [-0.39, 0.29) is 16.5 Å². The molecule has 9 heteroatoms. The Bertz CT molecular complexity index is 1660. The highest BCUT2D eigenvalue weighted by Gasteiger charge is 2.17. The lowest BCUT2D eigenvalue weighted by Crippen LogP contribution is -2.28. The highest BCUT2D eigenvalue weighted by Crippen LogP contribution is 2.21. The first-order chi connectivity index (χ1) is 16.0. The van der Waals surface area contributed by atoms with E-state index in [9.17, 15) is 18.0 Å². The summed E-state index contributed by atoms with van der Waals surface area (Å²) in [5, 5.41) is 2.10. The van der Waals surface area contributed by atoms with Gasteiger partial charge in [-0.3, -0.25) is 9.59 Å². The maximum absolute atomic E-state index is 13.4. The Morgan fingerprint density at radius 3 is 1.64 bits per heavy atom. The Kier molecular flexibility index (Phi) is 4.95. The van der Waals surface area contributed by atoms with Crippen molar-refractivity contribution < 1.29 is 8.42 Å². The predicted octanol–water partition coefficient (Wildman–Crippen LogP) is 3.09. The van der Waals surface area contributed by atoms with E-state index >= 15 is 0 Å². The number of hydrogen-bond acceptors (Lipinski definition) is 6. The summed E-state index contributed by atoms with van der Waals surface area (Å²) < 4.78 is 28.7. The Morgan fingerprint density at radius 1 is 0.636 bits per heavy atom. The molecule has 0 spiro atoms. The summed E-state index contributed by atoms with van der Waals surface area (Å²) in [5.41, 5.74) is -0.720. The second-order valence-corrected chi connectivity index (χ2v) is 8.89. The summed E-state index contributed by atoms with van der Waals surface area (Å²) >= 11 is 0. The summed E-state index contributed by atoms with van der Waals surface area (Å²) in [7, 11) is -3.96. The summed E-state index contributed by atoms with van der Waals surface area (Å²) in [6, 6.07) is 21.1. The van der Waals surface area contributed by atoms with Crippen molar-refractivity contribution in [3.63, 3.8) is 0 Å². The van der Waals surface area contributed by atoms with Gasteiger partial charge in [0.05, 0.1) is 10.6 Å². The van der Waals surface area contributed by atoms with Gasteiger partial charge in [0.2, 0.25) is 5.95 Å². The molecule has 0 unspecified atom stereocenters. The molecule has 0 atom stereocenters. The standard InChI is InChI=1S/C24H16N4O4S/c29-22-20-8-3-1-6-18(20)19-7-2-4-9-21(19)23(30)28(22)16-10-12-17(13-11-16)33(31,32)27-24-25-14-5-15-26-24/h1-15H,(H,25,26,27). The molecule has 2 heterocycles. The second-order valence-electron chi connectivity index (χ2n) is 7.21. The number of aromatic nitrogens is 3. The van der Waals surface area contributed by atoms with E-state index < -0.39 is 21.1 Å². The molecule has 0 bridgehead atoms. The van der Waals surface area contributed by atoms with Gasteiger partial charge >= 0.3 is 0 Å². The average Bonchev–Trinajstić information content (AvgIpc) is 2.93. The zero-order chi connectivity index (χ0) is 23.0. The molecule has 1 N–H and O–H groups in total. The molecule has 0 saturated carbocycles. The number of rotatable bonds is 4. The number of benzene rings is 3. The molecule has 0 aliphatic heterocycles. The van der Waals surface area contributed by atoms with Crippen molar-refractivity contribution in [2.45, 2.75) is 4.90 Å². The average molecular weight is 456 g/mol. The lowest BCUT2D eigenvalue weighted by atomic mass is 10.1. The second kappa shape index (κ2) is 7.95. The number of sulfonamides is 1. The van der Waals surface area contributed by atoms with Crippen LogP contribution in [0.1, 0.15) is 0 Å². The van der Waals surface area contributed by atoms with E-state index in [0.29, 0.717) is 21.5 Å². The SMILES string of the molecule is O=c1c2ccccc2c2ccccc2c(=O)n1-c1ccc(S(=O)(=O)Nc2ncccn2)cc1. The van der Waals surface area contributed by atoms with Crippen LogP contribution >= 0.6 is 0 Å². The molecule has 33 heavy (non-hydrogen) atoms. The Labute approximate surface area is 187 Å². The fraction of sp³-hybridized carbons (Fsp3) is 0. The molecule has 0 aliphatic rings. The van der Waals surface area contributed by atoms with Crippen LogP contribution in [0, 0.1) is 0 Å². The van der Waals surface area contributed by atoms with Crippen LogP contribution in [-0.2, 0) is 10.0 Å². The largest absolute Gasteiger partial charge is 0.268 e. The van der Waals surface area contributed by atoms with Crippen LogP contribution in [0.15, 0.2) is 106 Å². The van der Waals surface area contributed by atoms with Crippen molar-refractivity contribution in [3.8, 4) is 5.69 Å². The van der Waals surface area contributed by atoms with Crippen molar-refractivity contribution in [1.82, 2.24) is 14.5 Å². The van der Waals surface area contributed by atoms with Gasteiger partial charge in [-0.05, 0) is 53.2 Å².